The Balaban J connectivity index is 1.32. The number of hydrogen-bond donors (Lipinski definition) is 1. The number of aromatic nitrogens is 2. The van der Waals surface area contributed by atoms with Crippen LogP contribution in [0.1, 0.15) is 31.2 Å². The fourth-order valence-electron chi connectivity index (χ4n) is 3.64. The highest BCUT2D eigenvalue weighted by molar-refractivity contribution is 5.81. The summed E-state index contributed by atoms with van der Waals surface area (Å²) >= 11 is 0. The molecule has 6 heteroatoms. The van der Waals surface area contributed by atoms with Crippen molar-refractivity contribution in [3.63, 3.8) is 0 Å². The van der Waals surface area contributed by atoms with Gasteiger partial charge < -0.3 is 10.1 Å². The number of aryl methyl sites for hydroxylation is 1. The summed E-state index contributed by atoms with van der Waals surface area (Å²) in [5.41, 5.74) is 1.24. The van der Waals surface area contributed by atoms with Crippen LogP contribution in [-0.2, 0) is 23.1 Å². The highest BCUT2D eigenvalue weighted by Crippen LogP contribution is 2.34. The van der Waals surface area contributed by atoms with E-state index in [0.717, 1.165) is 45.3 Å². The van der Waals surface area contributed by atoms with Gasteiger partial charge in [-0.3, -0.25) is 14.4 Å². The summed E-state index contributed by atoms with van der Waals surface area (Å²) in [6.45, 7) is 2.92. The summed E-state index contributed by atoms with van der Waals surface area (Å²) in [5, 5.41) is 7.29. The maximum absolute atomic E-state index is 12.2. The number of rotatable bonds is 4. The predicted molar refractivity (Wildman–Crippen MR) is 81.0 cm³/mol. The second-order valence-electron chi connectivity index (χ2n) is 6.99. The van der Waals surface area contributed by atoms with E-state index in [2.05, 4.69) is 21.5 Å². The average molecular weight is 304 g/mol. The number of likely N-dealkylation sites (tertiary alicyclic amines) is 1. The number of carbonyl (C=O) groups excluding carboxylic acids is 1. The lowest BCUT2D eigenvalue weighted by Gasteiger charge is -2.33. The van der Waals surface area contributed by atoms with Gasteiger partial charge in [-0.05, 0) is 38.1 Å². The molecule has 2 saturated heterocycles. The predicted octanol–water partition coefficient (Wildman–Crippen LogP) is 0.678. The normalized spacial score (nSPS) is 32.0. The molecule has 3 aliphatic rings. The van der Waals surface area contributed by atoms with Crippen LogP contribution < -0.4 is 5.32 Å². The number of nitrogens with one attached hydrogen (secondary N) is 1. The first-order valence-corrected chi connectivity index (χ1v) is 8.33. The zero-order valence-corrected chi connectivity index (χ0v) is 13.1. The van der Waals surface area contributed by atoms with Gasteiger partial charge in [0, 0.05) is 37.9 Å². The van der Waals surface area contributed by atoms with Gasteiger partial charge in [-0.15, -0.1) is 0 Å². The highest BCUT2D eigenvalue weighted by atomic mass is 16.5. The van der Waals surface area contributed by atoms with Crippen molar-refractivity contribution >= 4 is 5.91 Å². The summed E-state index contributed by atoms with van der Waals surface area (Å²) in [5.74, 6) is 0.649. The molecule has 0 spiro atoms. The van der Waals surface area contributed by atoms with Crippen LogP contribution in [0, 0.1) is 5.92 Å². The van der Waals surface area contributed by atoms with Crippen LogP contribution in [0.25, 0.3) is 0 Å². The third-order valence-electron chi connectivity index (χ3n) is 5.02. The SMILES string of the molecule is Cn1cc(CN2CC[C@H]3C[C@H](C(=O)NC4CC4)O[C@@H]3C2)cn1. The van der Waals surface area contributed by atoms with Gasteiger partial charge in [0.05, 0.1) is 12.3 Å². The Kier molecular flexibility index (Phi) is 3.66. The standard InChI is InChI=1S/C16H24N4O2/c1-19-8-11(7-17-19)9-20-5-4-12-6-14(22-15(12)10-20)16(21)18-13-2-3-13/h7-8,12-15H,2-6,9-10H2,1H3,(H,18,21)/t12-,14+,15+/m0/s1. The van der Waals surface area contributed by atoms with Crippen LogP contribution in [0.5, 0.6) is 0 Å². The molecular formula is C16H24N4O2. The molecule has 1 aromatic rings. The van der Waals surface area contributed by atoms with Gasteiger partial charge in [0.1, 0.15) is 6.10 Å². The van der Waals surface area contributed by atoms with Crippen molar-refractivity contribution < 1.29 is 9.53 Å². The number of amides is 1. The van der Waals surface area contributed by atoms with Crippen LogP contribution in [0.4, 0.5) is 0 Å². The van der Waals surface area contributed by atoms with Crippen molar-refractivity contribution in [2.75, 3.05) is 13.1 Å². The second kappa shape index (κ2) is 5.66. The molecule has 0 radical (unpaired) electrons. The third kappa shape index (κ3) is 3.03. The van der Waals surface area contributed by atoms with E-state index >= 15 is 0 Å². The van der Waals surface area contributed by atoms with Gasteiger partial charge in [0.25, 0.3) is 0 Å². The van der Waals surface area contributed by atoms with Gasteiger partial charge in [-0.1, -0.05) is 0 Å². The van der Waals surface area contributed by atoms with Gasteiger partial charge in [0.15, 0.2) is 0 Å². The van der Waals surface area contributed by atoms with E-state index in [1.54, 1.807) is 0 Å². The maximum Gasteiger partial charge on any atom is 0.249 e. The lowest BCUT2D eigenvalue weighted by molar-refractivity contribution is -0.133. The smallest absolute Gasteiger partial charge is 0.249 e. The molecule has 1 amide bonds. The summed E-state index contributed by atoms with van der Waals surface area (Å²) in [6.07, 6.45) is 8.24. The lowest BCUT2D eigenvalue weighted by atomic mass is 9.91. The Hall–Kier alpha value is -1.40. The Bertz CT molecular complexity index is 554. The largest absolute Gasteiger partial charge is 0.364 e. The fourth-order valence-corrected chi connectivity index (χ4v) is 3.64. The first-order valence-electron chi connectivity index (χ1n) is 8.33. The molecular weight excluding hydrogens is 280 g/mol. The van der Waals surface area contributed by atoms with Crippen LogP contribution >= 0.6 is 0 Å². The Labute approximate surface area is 130 Å². The zero-order chi connectivity index (χ0) is 15.1. The van der Waals surface area contributed by atoms with Crippen LogP contribution in [0.3, 0.4) is 0 Å². The molecule has 4 rings (SSSR count). The molecule has 120 valence electrons. The van der Waals surface area contributed by atoms with Crippen molar-refractivity contribution in [2.45, 2.75) is 50.5 Å². The van der Waals surface area contributed by atoms with E-state index < -0.39 is 0 Å². The Morgan fingerprint density at radius 1 is 1.45 bits per heavy atom. The van der Waals surface area contributed by atoms with Crippen LogP contribution in [0.2, 0.25) is 0 Å². The van der Waals surface area contributed by atoms with Crippen molar-refractivity contribution in [1.29, 1.82) is 0 Å². The van der Waals surface area contributed by atoms with Crippen molar-refractivity contribution in [2.24, 2.45) is 13.0 Å². The van der Waals surface area contributed by atoms with Gasteiger partial charge in [-0.2, -0.15) is 5.10 Å². The molecule has 3 heterocycles. The third-order valence-corrected chi connectivity index (χ3v) is 5.02. The summed E-state index contributed by atoms with van der Waals surface area (Å²) in [7, 11) is 1.94. The number of hydrogen-bond acceptors (Lipinski definition) is 4. The Morgan fingerprint density at radius 2 is 2.32 bits per heavy atom. The molecule has 1 aliphatic carbocycles. The topological polar surface area (TPSA) is 59.4 Å². The van der Waals surface area contributed by atoms with E-state index in [0.29, 0.717) is 12.0 Å². The lowest BCUT2D eigenvalue weighted by Crippen LogP contribution is -2.42. The monoisotopic (exact) mass is 304 g/mol. The van der Waals surface area contributed by atoms with E-state index in [1.807, 2.05) is 17.9 Å². The first kappa shape index (κ1) is 14.2. The van der Waals surface area contributed by atoms with Gasteiger partial charge >= 0.3 is 0 Å². The van der Waals surface area contributed by atoms with Crippen LogP contribution in [-0.4, -0.2) is 51.9 Å². The van der Waals surface area contributed by atoms with Crippen molar-refractivity contribution in [3.8, 4) is 0 Å². The fraction of sp³-hybridized carbons (Fsp3) is 0.750. The number of fused-ring (bicyclic) bond motifs is 1. The molecule has 0 unspecified atom stereocenters. The summed E-state index contributed by atoms with van der Waals surface area (Å²) in [6, 6.07) is 0.417. The van der Waals surface area contributed by atoms with E-state index in [9.17, 15) is 4.79 Å². The maximum atomic E-state index is 12.2. The van der Waals surface area contributed by atoms with Crippen LogP contribution in [0.15, 0.2) is 12.4 Å². The van der Waals surface area contributed by atoms with E-state index in [4.69, 9.17) is 4.74 Å². The second-order valence-corrected chi connectivity index (χ2v) is 6.99. The summed E-state index contributed by atoms with van der Waals surface area (Å²) in [4.78, 5) is 14.6. The number of piperidine rings is 1. The summed E-state index contributed by atoms with van der Waals surface area (Å²) < 4.78 is 7.89. The van der Waals surface area contributed by atoms with Gasteiger partial charge in [-0.25, -0.2) is 0 Å². The average Bonchev–Trinajstić information content (AvgIpc) is 3.05. The molecule has 3 fully saturated rings. The minimum atomic E-state index is -0.228. The quantitative estimate of drug-likeness (QED) is 0.888. The molecule has 0 bridgehead atoms. The zero-order valence-electron chi connectivity index (χ0n) is 13.1. The van der Waals surface area contributed by atoms with Crippen molar-refractivity contribution in [1.82, 2.24) is 20.0 Å². The first-order chi connectivity index (χ1) is 10.7. The molecule has 6 nitrogen and oxygen atoms in total. The van der Waals surface area contributed by atoms with Gasteiger partial charge in [0.2, 0.25) is 5.91 Å². The molecule has 1 aromatic heterocycles. The number of ether oxygens (including phenoxy) is 1. The minimum Gasteiger partial charge on any atom is -0.364 e. The highest BCUT2D eigenvalue weighted by Gasteiger charge is 2.42. The molecule has 3 atom stereocenters. The van der Waals surface area contributed by atoms with E-state index in [1.165, 1.54) is 5.56 Å². The molecule has 1 N–H and O–H groups in total. The molecule has 22 heavy (non-hydrogen) atoms. The number of nitrogens with zero attached hydrogens (tertiary/aromatic N) is 3. The molecule has 2 aliphatic heterocycles. The Morgan fingerprint density at radius 3 is 3.05 bits per heavy atom. The van der Waals surface area contributed by atoms with E-state index in [-0.39, 0.29) is 18.1 Å². The molecule has 1 saturated carbocycles. The molecule has 0 aromatic carbocycles. The van der Waals surface area contributed by atoms with Crippen molar-refractivity contribution in [3.05, 3.63) is 18.0 Å². The minimum absolute atomic E-state index is 0.107. The number of carbonyl (C=O) groups is 1.